The van der Waals surface area contributed by atoms with E-state index in [0.717, 1.165) is 0 Å². The first-order chi connectivity index (χ1) is 10.7. The van der Waals surface area contributed by atoms with Gasteiger partial charge in [0, 0.05) is 12.3 Å². The SMILES string of the molecule is O=C(COc1ccc(F)cc1)N1CC(Oc2ccccn2)C1. The molecule has 1 aromatic heterocycles. The van der Waals surface area contributed by atoms with E-state index in [1.165, 1.54) is 24.3 Å². The molecular formula is C16H15FN2O3. The standard InChI is InChI=1S/C16H15FN2O3/c17-12-4-6-13(7-5-12)21-11-16(20)19-9-14(10-19)22-15-3-1-2-8-18-15/h1-8,14H,9-11H2. The monoisotopic (exact) mass is 302 g/mol. The number of rotatable bonds is 5. The topological polar surface area (TPSA) is 51.7 Å². The molecule has 1 fully saturated rings. The van der Waals surface area contributed by atoms with Gasteiger partial charge in [-0.2, -0.15) is 0 Å². The van der Waals surface area contributed by atoms with Gasteiger partial charge in [0.15, 0.2) is 6.61 Å². The first-order valence-electron chi connectivity index (χ1n) is 6.94. The molecular weight excluding hydrogens is 287 g/mol. The van der Waals surface area contributed by atoms with Gasteiger partial charge in [0.05, 0.1) is 13.1 Å². The van der Waals surface area contributed by atoms with Crippen molar-refractivity contribution in [2.24, 2.45) is 0 Å². The molecule has 2 heterocycles. The number of pyridine rings is 1. The predicted molar refractivity (Wildman–Crippen MR) is 77.1 cm³/mol. The molecule has 0 aliphatic carbocycles. The highest BCUT2D eigenvalue weighted by molar-refractivity contribution is 5.78. The summed E-state index contributed by atoms with van der Waals surface area (Å²) < 4.78 is 23.7. The molecule has 0 radical (unpaired) electrons. The lowest BCUT2D eigenvalue weighted by atomic mass is 10.1. The Morgan fingerprint density at radius 2 is 2.00 bits per heavy atom. The van der Waals surface area contributed by atoms with Crippen molar-refractivity contribution in [3.05, 3.63) is 54.5 Å². The highest BCUT2D eigenvalue weighted by atomic mass is 19.1. The van der Waals surface area contributed by atoms with Crippen LogP contribution in [0.3, 0.4) is 0 Å². The number of nitrogens with zero attached hydrogens (tertiary/aromatic N) is 2. The molecule has 1 aromatic carbocycles. The summed E-state index contributed by atoms with van der Waals surface area (Å²) in [7, 11) is 0. The third-order valence-electron chi connectivity index (χ3n) is 3.30. The van der Waals surface area contributed by atoms with E-state index in [1.54, 1.807) is 17.2 Å². The van der Waals surface area contributed by atoms with Gasteiger partial charge in [-0.15, -0.1) is 0 Å². The molecule has 0 atom stereocenters. The number of carbonyl (C=O) groups excluding carboxylic acids is 1. The summed E-state index contributed by atoms with van der Waals surface area (Å²) >= 11 is 0. The fourth-order valence-corrected chi connectivity index (χ4v) is 2.07. The van der Waals surface area contributed by atoms with Crippen LogP contribution < -0.4 is 9.47 Å². The number of likely N-dealkylation sites (tertiary alicyclic amines) is 1. The highest BCUT2D eigenvalue weighted by Gasteiger charge is 2.32. The fourth-order valence-electron chi connectivity index (χ4n) is 2.07. The molecule has 114 valence electrons. The van der Waals surface area contributed by atoms with Gasteiger partial charge in [-0.1, -0.05) is 6.07 Å². The lowest BCUT2D eigenvalue weighted by Gasteiger charge is -2.38. The van der Waals surface area contributed by atoms with Crippen LogP contribution in [0.25, 0.3) is 0 Å². The van der Waals surface area contributed by atoms with E-state index >= 15 is 0 Å². The minimum atomic E-state index is -0.337. The van der Waals surface area contributed by atoms with Crippen LogP contribution in [0.4, 0.5) is 4.39 Å². The van der Waals surface area contributed by atoms with Crippen LogP contribution in [-0.2, 0) is 4.79 Å². The molecule has 0 N–H and O–H groups in total. The normalized spacial score (nSPS) is 14.3. The van der Waals surface area contributed by atoms with Crippen molar-refractivity contribution in [3.63, 3.8) is 0 Å². The van der Waals surface area contributed by atoms with Crippen molar-refractivity contribution in [1.82, 2.24) is 9.88 Å². The van der Waals surface area contributed by atoms with E-state index in [1.807, 2.05) is 12.1 Å². The second kappa shape index (κ2) is 6.43. The summed E-state index contributed by atoms with van der Waals surface area (Å²) in [5.74, 6) is 0.569. The molecule has 1 aliphatic heterocycles. The zero-order valence-corrected chi connectivity index (χ0v) is 11.8. The second-order valence-electron chi connectivity index (χ2n) is 4.95. The van der Waals surface area contributed by atoms with Crippen LogP contribution in [0, 0.1) is 5.82 Å². The minimum absolute atomic E-state index is 0.0373. The fraction of sp³-hybridized carbons (Fsp3) is 0.250. The van der Waals surface area contributed by atoms with Crippen LogP contribution >= 0.6 is 0 Å². The number of benzene rings is 1. The maximum atomic E-state index is 12.7. The largest absolute Gasteiger partial charge is 0.484 e. The molecule has 1 saturated heterocycles. The lowest BCUT2D eigenvalue weighted by Crippen LogP contribution is -2.57. The Morgan fingerprint density at radius 3 is 2.68 bits per heavy atom. The van der Waals surface area contributed by atoms with Crippen LogP contribution in [0.1, 0.15) is 0 Å². The summed E-state index contributed by atoms with van der Waals surface area (Å²) in [6.07, 6.45) is 1.62. The number of halogens is 1. The second-order valence-corrected chi connectivity index (χ2v) is 4.95. The Bertz CT molecular complexity index is 628. The van der Waals surface area contributed by atoms with E-state index in [2.05, 4.69) is 4.98 Å². The molecule has 2 aromatic rings. The molecule has 5 nitrogen and oxygen atoms in total. The van der Waals surface area contributed by atoms with Gasteiger partial charge in [-0.3, -0.25) is 4.79 Å². The van der Waals surface area contributed by atoms with Crippen LogP contribution in [0.15, 0.2) is 48.7 Å². The van der Waals surface area contributed by atoms with Crippen molar-refractivity contribution < 1.29 is 18.7 Å². The molecule has 0 unspecified atom stereocenters. The number of amides is 1. The van der Waals surface area contributed by atoms with Crippen molar-refractivity contribution in [3.8, 4) is 11.6 Å². The summed E-state index contributed by atoms with van der Waals surface area (Å²) in [5, 5.41) is 0. The van der Waals surface area contributed by atoms with Gasteiger partial charge >= 0.3 is 0 Å². The van der Waals surface area contributed by atoms with Gasteiger partial charge in [-0.25, -0.2) is 9.37 Å². The van der Waals surface area contributed by atoms with Gasteiger partial charge in [0.2, 0.25) is 5.88 Å². The predicted octanol–water partition coefficient (Wildman–Crippen LogP) is 1.89. The Hall–Kier alpha value is -2.63. The van der Waals surface area contributed by atoms with E-state index in [-0.39, 0.29) is 24.4 Å². The number of hydrogen-bond acceptors (Lipinski definition) is 4. The molecule has 0 saturated carbocycles. The Morgan fingerprint density at radius 1 is 1.23 bits per heavy atom. The summed E-state index contributed by atoms with van der Waals surface area (Å²) in [6, 6.07) is 11.0. The first-order valence-corrected chi connectivity index (χ1v) is 6.94. The quantitative estimate of drug-likeness (QED) is 0.846. The van der Waals surface area contributed by atoms with Crippen LogP contribution in [0.5, 0.6) is 11.6 Å². The van der Waals surface area contributed by atoms with Gasteiger partial charge in [0.1, 0.15) is 17.7 Å². The summed E-state index contributed by atoms with van der Waals surface area (Å²) in [6.45, 7) is 0.965. The molecule has 3 rings (SSSR count). The van der Waals surface area contributed by atoms with E-state index in [9.17, 15) is 9.18 Å². The van der Waals surface area contributed by atoms with E-state index in [0.29, 0.717) is 24.7 Å². The molecule has 0 spiro atoms. The number of aromatic nitrogens is 1. The molecule has 6 heteroatoms. The maximum Gasteiger partial charge on any atom is 0.260 e. The molecule has 0 bridgehead atoms. The molecule has 22 heavy (non-hydrogen) atoms. The van der Waals surface area contributed by atoms with Crippen molar-refractivity contribution in [2.75, 3.05) is 19.7 Å². The number of hydrogen-bond donors (Lipinski definition) is 0. The van der Waals surface area contributed by atoms with Crippen molar-refractivity contribution in [1.29, 1.82) is 0 Å². The molecule has 1 amide bonds. The Balaban J connectivity index is 1.41. The van der Waals surface area contributed by atoms with Crippen molar-refractivity contribution >= 4 is 5.91 Å². The number of ether oxygens (including phenoxy) is 2. The minimum Gasteiger partial charge on any atom is -0.484 e. The first kappa shape index (κ1) is 14.3. The van der Waals surface area contributed by atoms with E-state index in [4.69, 9.17) is 9.47 Å². The lowest BCUT2D eigenvalue weighted by molar-refractivity contribution is -0.142. The van der Waals surface area contributed by atoms with Gasteiger partial charge < -0.3 is 14.4 Å². The van der Waals surface area contributed by atoms with Crippen LogP contribution in [0.2, 0.25) is 0 Å². The zero-order valence-electron chi connectivity index (χ0n) is 11.8. The third-order valence-corrected chi connectivity index (χ3v) is 3.30. The van der Waals surface area contributed by atoms with Crippen LogP contribution in [-0.4, -0.2) is 41.6 Å². The van der Waals surface area contributed by atoms with Crippen molar-refractivity contribution in [2.45, 2.75) is 6.10 Å². The zero-order chi connectivity index (χ0) is 15.4. The third kappa shape index (κ3) is 3.52. The average Bonchev–Trinajstić information content (AvgIpc) is 2.50. The Labute approximate surface area is 127 Å². The smallest absolute Gasteiger partial charge is 0.260 e. The van der Waals surface area contributed by atoms with Gasteiger partial charge in [-0.05, 0) is 30.3 Å². The summed E-state index contributed by atoms with van der Waals surface area (Å²) in [4.78, 5) is 17.6. The average molecular weight is 302 g/mol. The summed E-state index contributed by atoms with van der Waals surface area (Å²) in [5.41, 5.74) is 0. The maximum absolute atomic E-state index is 12.7. The van der Waals surface area contributed by atoms with Gasteiger partial charge in [0.25, 0.3) is 5.91 Å². The molecule has 1 aliphatic rings. The number of carbonyl (C=O) groups is 1. The van der Waals surface area contributed by atoms with E-state index < -0.39 is 0 Å². The Kier molecular flexibility index (Phi) is 4.18. The highest BCUT2D eigenvalue weighted by Crippen LogP contribution is 2.16.